The van der Waals surface area contributed by atoms with Crippen LogP contribution in [-0.2, 0) is 9.59 Å². The van der Waals surface area contributed by atoms with Crippen LogP contribution in [0.4, 0.5) is 18.9 Å². The molecule has 2 atom stereocenters. The van der Waals surface area contributed by atoms with Gasteiger partial charge in [-0.05, 0) is 50.9 Å². The number of nitro benzene ring substituents is 1. The number of benzene rings is 2. The van der Waals surface area contributed by atoms with E-state index in [0.29, 0.717) is 25.1 Å². The maximum Gasteiger partial charge on any atom is 0.431 e. The molecule has 0 aromatic heterocycles. The summed E-state index contributed by atoms with van der Waals surface area (Å²) < 4.78 is 52.9. The largest absolute Gasteiger partial charge is 0.493 e. The topological polar surface area (TPSA) is 180 Å². The van der Waals surface area contributed by atoms with Gasteiger partial charge in [-0.1, -0.05) is 18.2 Å². The summed E-state index contributed by atoms with van der Waals surface area (Å²) in [4.78, 5) is 34.9. The SMILES string of the molecule is CC1=C(C(=O)O)C(c2cc([N+](=O)[O-])ccc2OCCCCNCC(O)COc2ccccc2C)C(C(=O)O)=C(C(F)(F)F)N1.Cl. The van der Waals surface area contributed by atoms with Gasteiger partial charge in [-0.3, -0.25) is 10.1 Å². The zero-order chi connectivity index (χ0) is 32.6. The fourth-order valence-electron chi connectivity index (χ4n) is 4.65. The second-order valence-corrected chi connectivity index (χ2v) is 9.96. The van der Waals surface area contributed by atoms with Crippen LogP contribution in [0.5, 0.6) is 11.5 Å². The minimum Gasteiger partial charge on any atom is -0.493 e. The summed E-state index contributed by atoms with van der Waals surface area (Å²) in [5.74, 6) is -5.35. The Bertz CT molecular complexity index is 1460. The van der Waals surface area contributed by atoms with Crippen molar-refractivity contribution in [1.82, 2.24) is 10.6 Å². The number of carboxylic acids is 2. The molecule has 12 nitrogen and oxygen atoms in total. The molecule has 0 saturated heterocycles. The molecule has 0 fully saturated rings. The van der Waals surface area contributed by atoms with Crippen molar-refractivity contribution in [2.75, 3.05) is 26.3 Å². The number of nitrogens with zero attached hydrogens (tertiary/aromatic N) is 1. The van der Waals surface area contributed by atoms with Crippen LogP contribution in [-0.4, -0.2) is 70.8 Å². The van der Waals surface area contributed by atoms with Gasteiger partial charge in [0.2, 0.25) is 0 Å². The number of hydrogen-bond acceptors (Lipinski definition) is 9. The number of para-hydroxylation sites is 1. The number of aliphatic hydroxyl groups is 1. The molecular formula is C29H33ClF3N3O9. The molecule has 1 aliphatic rings. The monoisotopic (exact) mass is 659 g/mol. The molecule has 0 bridgehead atoms. The Morgan fingerprint density at radius 3 is 2.31 bits per heavy atom. The van der Waals surface area contributed by atoms with Crippen LogP contribution in [0, 0.1) is 17.0 Å². The number of unbranched alkanes of at least 4 members (excludes halogenated alkanes) is 1. The molecule has 0 radical (unpaired) electrons. The molecule has 246 valence electrons. The van der Waals surface area contributed by atoms with Crippen molar-refractivity contribution in [1.29, 1.82) is 0 Å². The van der Waals surface area contributed by atoms with Gasteiger partial charge in [0.1, 0.15) is 29.9 Å². The Hall–Kier alpha value is -4.34. The Kier molecular flexibility index (Phi) is 13.2. The molecule has 2 aromatic rings. The second kappa shape index (κ2) is 16.1. The molecule has 45 heavy (non-hydrogen) atoms. The molecule has 2 unspecified atom stereocenters. The zero-order valence-electron chi connectivity index (χ0n) is 24.2. The lowest BCUT2D eigenvalue weighted by Crippen LogP contribution is -2.37. The van der Waals surface area contributed by atoms with E-state index in [1.807, 2.05) is 30.4 Å². The molecule has 0 spiro atoms. The van der Waals surface area contributed by atoms with Gasteiger partial charge < -0.3 is 35.4 Å². The zero-order valence-corrected chi connectivity index (χ0v) is 25.0. The second-order valence-electron chi connectivity index (χ2n) is 9.96. The van der Waals surface area contributed by atoms with E-state index >= 15 is 0 Å². The molecule has 1 aliphatic heterocycles. The van der Waals surface area contributed by atoms with E-state index < -0.39 is 68.9 Å². The highest BCUT2D eigenvalue weighted by Gasteiger charge is 2.47. The summed E-state index contributed by atoms with van der Waals surface area (Å²) in [6.45, 7) is 3.67. The number of dihydropyridines is 1. The Labute approximate surface area is 262 Å². The van der Waals surface area contributed by atoms with E-state index in [0.717, 1.165) is 30.7 Å². The molecule has 2 aromatic carbocycles. The van der Waals surface area contributed by atoms with Crippen molar-refractivity contribution in [2.24, 2.45) is 0 Å². The van der Waals surface area contributed by atoms with E-state index in [2.05, 4.69) is 5.32 Å². The highest BCUT2D eigenvalue weighted by molar-refractivity contribution is 5.99. The maximum absolute atomic E-state index is 13.9. The number of hydrogen-bond donors (Lipinski definition) is 5. The van der Waals surface area contributed by atoms with Gasteiger partial charge in [-0.25, -0.2) is 9.59 Å². The Morgan fingerprint density at radius 2 is 1.71 bits per heavy atom. The Balaban J connectivity index is 0.00000705. The minimum atomic E-state index is -5.20. The molecule has 0 aliphatic carbocycles. The van der Waals surface area contributed by atoms with Crippen molar-refractivity contribution in [3.63, 3.8) is 0 Å². The fourth-order valence-corrected chi connectivity index (χ4v) is 4.65. The van der Waals surface area contributed by atoms with Crippen molar-refractivity contribution in [3.05, 3.63) is 86.2 Å². The van der Waals surface area contributed by atoms with E-state index in [1.54, 1.807) is 6.07 Å². The van der Waals surface area contributed by atoms with Gasteiger partial charge in [0.25, 0.3) is 5.69 Å². The van der Waals surface area contributed by atoms with Crippen molar-refractivity contribution in [3.8, 4) is 11.5 Å². The first-order chi connectivity index (χ1) is 20.7. The smallest absolute Gasteiger partial charge is 0.431 e. The van der Waals surface area contributed by atoms with E-state index in [9.17, 15) is 48.2 Å². The fraction of sp³-hybridized carbons (Fsp3) is 0.379. The van der Waals surface area contributed by atoms with Crippen LogP contribution in [0.1, 0.15) is 36.8 Å². The number of nitro groups is 1. The number of non-ortho nitro benzene ring substituents is 1. The van der Waals surface area contributed by atoms with Gasteiger partial charge in [0.15, 0.2) is 0 Å². The van der Waals surface area contributed by atoms with Gasteiger partial charge in [-0.15, -0.1) is 12.4 Å². The summed E-state index contributed by atoms with van der Waals surface area (Å²) in [5, 5.41) is 46.2. The number of allylic oxidation sites excluding steroid dienone is 2. The molecule has 5 N–H and O–H groups in total. The minimum absolute atomic E-state index is 0. The third-order valence-electron chi connectivity index (χ3n) is 6.73. The number of nitrogens with one attached hydrogen (secondary N) is 2. The van der Waals surface area contributed by atoms with Crippen molar-refractivity contribution >= 4 is 30.0 Å². The number of carboxylic acid groups (broad SMARTS) is 2. The standard InChI is InChI=1S/C29H32F3N3O9.ClH/c1-16-7-3-4-8-21(16)44-15-19(36)14-33-11-5-6-12-43-22-10-9-18(35(41)42)13-20(22)24-23(27(37)38)17(2)34-26(29(30,31)32)25(24)28(39)40;/h3-4,7-10,13,19,24,33-34,36H,5-6,11-12,14-15H2,1-2H3,(H,37,38)(H,39,40);1H. The number of aryl methyl sites for hydroxylation is 1. The summed E-state index contributed by atoms with van der Waals surface area (Å²) >= 11 is 0. The van der Waals surface area contributed by atoms with Crippen molar-refractivity contribution < 1.29 is 52.5 Å². The van der Waals surface area contributed by atoms with Crippen LogP contribution in [0.2, 0.25) is 0 Å². The lowest BCUT2D eigenvalue weighted by atomic mass is 9.79. The van der Waals surface area contributed by atoms with Gasteiger partial charge >= 0.3 is 18.1 Å². The predicted molar refractivity (Wildman–Crippen MR) is 158 cm³/mol. The number of halogens is 4. The third-order valence-corrected chi connectivity index (χ3v) is 6.73. The number of aliphatic hydroxyl groups excluding tert-OH is 1. The Morgan fingerprint density at radius 1 is 1.04 bits per heavy atom. The average molecular weight is 660 g/mol. The number of carbonyl (C=O) groups is 2. The van der Waals surface area contributed by atoms with Gasteiger partial charge in [0, 0.05) is 29.9 Å². The van der Waals surface area contributed by atoms with Crippen LogP contribution in [0.15, 0.2) is 65.0 Å². The molecule has 0 saturated carbocycles. The average Bonchev–Trinajstić information content (AvgIpc) is 2.94. The third kappa shape index (κ3) is 9.57. The highest BCUT2D eigenvalue weighted by Crippen LogP contribution is 2.46. The first-order valence-electron chi connectivity index (χ1n) is 13.5. The highest BCUT2D eigenvalue weighted by atomic mass is 35.5. The van der Waals surface area contributed by atoms with E-state index in [1.165, 1.54) is 0 Å². The van der Waals surface area contributed by atoms with E-state index in [4.69, 9.17) is 9.47 Å². The molecule has 0 amide bonds. The summed E-state index contributed by atoms with van der Waals surface area (Å²) in [6.07, 6.45) is -5.07. The maximum atomic E-state index is 13.9. The van der Waals surface area contributed by atoms with Gasteiger partial charge in [-0.2, -0.15) is 13.2 Å². The van der Waals surface area contributed by atoms with Crippen LogP contribution in [0.25, 0.3) is 0 Å². The summed E-state index contributed by atoms with van der Waals surface area (Å²) in [6, 6.07) is 10.3. The summed E-state index contributed by atoms with van der Waals surface area (Å²) in [7, 11) is 0. The number of rotatable bonds is 15. The van der Waals surface area contributed by atoms with Crippen LogP contribution in [0.3, 0.4) is 0 Å². The molecule has 16 heteroatoms. The van der Waals surface area contributed by atoms with Gasteiger partial charge in [0.05, 0.1) is 28.6 Å². The van der Waals surface area contributed by atoms with Crippen molar-refractivity contribution in [2.45, 2.75) is 44.9 Å². The quantitative estimate of drug-likeness (QED) is 0.103. The normalized spacial score (nSPS) is 15.6. The molecular weight excluding hydrogens is 627 g/mol. The number of aliphatic carboxylic acids is 2. The first kappa shape index (κ1) is 36.8. The number of ether oxygens (including phenoxy) is 2. The molecule has 1 heterocycles. The first-order valence-corrected chi connectivity index (χ1v) is 13.5. The lowest BCUT2D eigenvalue weighted by molar-refractivity contribution is -0.384. The summed E-state index contributed by atoms with van der Waals surface area (Å²) in [5.41, 5.74) is -4.30. The predicted octanol–water partition coefficient (Wildman–Crippen LogP) is 4.46. The van der Waals surface area contributed by atoms with Crippen LogP contribution < -0.4 is 20.1 Å². The van der Waals surface area contributed by atoms with E-state index in [-0.39, 0.29) is 37.9 Å². The van der Waals surface area contributed by atoms with Crippen LogP contribution >= 0.6 is 12.4 Å². The lowest BCUT2D eigenvalue weighted by Gasteiger charge is -2.31. The number of alkyl halides is 3. The molecule has 3 rings (SSSR count).